The van der Waals surface area contributed by atoms with Crippen LogP contribution >= 0.6 is 11.6 Å². The molecule has 1 saturated heterocycles. The number of carbonyl (C=O) groups is 2. The molecule has 180 valence electrons. The van der Waals surface area contributed by atoms with E-state index in [2.05, 4.69) is 15.6 Å². The lowest BCUT2D eigenvalue weighted by molar-refractivity contribution is -0.131. The fourth-order valence-electron chi connectivity index (χ4n) is 4.20. The summed E-state index contributed by atoms with van der Waals surface area (Å²) in [6, 6.07) is 21.4. The summed E-state index contributed by atoms with van der Waals surface area (Å²) < 4.78 is 13.4. The summed E-state index contributed by atoms with van der Waals surface area (Å²) in [4.78, 5) is 31.7. The molecular formula is C28H22ClFN4O2. The molecule has 6 nitrogen and oxygen atoms in total. The van der Waals surface area contributed by atoms with Crippen molar-refractivity contribution in [1.29, 1.82) is 0 Å². The number of rotatable bonds is 7. The van der Waals surface area contributed by atoms with E-state index < -0.39 is 12.1 Å². The van der Waals surface area contributed by atoms with Gasteiger partial charge in [-0.1, -0.05) is 54.1 Å². The zero-order chi connectivity index (χ0) is 25.1. The molecule has 2 amide bonds. The van der Waals surface area contributed by atoms with Crippen LogP contribution in [0.5, 0.6) is 0 Å². The smallest absolute Gasteiger partial charge is 0.252 e. The summed E-state index contributed by atoms with van der Waals surface area (Å²) in [5, 5.41) is 7.37. The predicted octanol–water partition coefficient (Wildman–Crippen LogP) is 5.05. The van der Waals surface area contributed by atoms with Gasteiger partial charge in [-0.3, -0.25) is 14.6 Å². The molecule has 2 atom stereocenters. The van der Waals surface area contributed by atoms with Crippen molar-refractivity contribution in [2.24, 2.45) is 0 Å². The number of anilines is 2. The Hall–Kier alpha value is -4.23. The van der Waals surface area contributed by atoms with Gasteiger partial charge in [-0.15, -0.1) is 0 Å². The summed E-state index contributed by atoms with van der Waals surface area (Å²) in [5.74, 6) is -0.976. The van der Waals surface area contributed by atoms with E-state index in [-0.39, 0.29) is 24.2 Å². The number of fused-ring (bicyclic) bond motifs is 1. The van der Waals surface area contributed by atoms with E-state index in [0.29, 0.717) is 16.2 Å². The number of pyridine rings is 1. The molecule has 0 bridgehead atoms. The molecule has 1 fully saturated rings. The van der Waals surface area contributed by atoms with Gasteiger partial charge in [-0.25, -0.2) is 4.39 Å². The van der Waals surface area contributed by atoms with Crippen LogP contribution in [0.15, 0.2) is 91.1 Å². The lowest BCUT2D eigenvalue weighted by Gasteiger charge is -2.45. The highest BCUT2D eigenvalue weighted by Crippen LogP contribution is 2.30. The zero-order valence-electron chi connectivity index (χ0n) is 19.1. The summed E-state index contributed by atoms with van der Waals surface area (Å²) in [7, 11) is 0. The van der Waals surface area contributed by atoms with Gasteiger partial charge in [0.1, 0.15) is 11.9 Å². The minimum absolute atomic E-state index is 0.0306. The van der Waals surface area contributed by atoms with E-state index in [9.17, 15) is 14.0 Å². The molecule has 36 heavy (non-hydrogen) atoms. The number of halogens is 2. The van der Waals surface area contributed by atoms with Gasteiger partial charge in [-0.05, 0) is 54.1 Å². The second kappa shape index (κ2) is 10.2. The number of nitrogens with one attached hydrogen (secondary N) is 2. The van der Waals surface area contributed by atoms with Crippen molar-refractivity contribution in [3.63, 3.8) is 0 Å². The Kier molecular flexibility index (Phi) is 6.64. The van der Waals surface area contributed by atoms with Crippen LogP contribution in [-0.4, -0.2) is 35.4 Å². The molecule has 8 heteroatoms. The number of benzene rings is 3. The third-order valence-electron chi connectivity index (χ3n) is 5.99. The average Bonchev–Trinajstić information content (AvgIpc) is 2.89. The largest absolute Gasteiger partial charge is 0.376 e. The molecule has 4 aromatic rings. The maximum absolute atomic E-state index is 13.4. The van der Waals surface area contributed by atoms with E-state index in [1.54, 1.807) is 41.4 Å². The summed E-state index contributed by atoms with van der Waals surface area (Å²) >= 11 is 6.05. The van der Waals surface area contributed by atoms with Crippen molar-refractivity contribution in [2.75, 3.05) is 16.8 Å². The fourth-order valence-corrected chi connectivity index (χ4v) is 4.37. The van der Waals surface area contributed by atoms with Gasteiger partial charge in [0.25, 0.3) is 5.91 Å². The number of hydrogen-bond donors (Lipinski definition) is 2. The number of aromatic nitrogens is 1. The Morgan fingerprint density at radius 2 is 1.83 bits per heavy atom. The van der Waals surface area contributed by atoms with Crippen LogP contribution in [0.1, 0.15) is 5.56 Å². The molecule has 0 unspecified atom stereocenters. The minimum Gasteiger partial charge on any atom is -0.376 e. The molecule has 1 aliphatic heterocycles. The van der Waals surface area contributed by atoms with Crippen molar-refractivity contribution in [3.05, 3.63) is 108 Å². The maximum atomic E-state index is 13.4. The van der Waals surface area contributed by atoms with Crippen LogP contribution in [0.25, 0.3) is 17.0 Å². The topological polar surface area (TPSA) is 74.3 Å². The Morgan fingerprint density at radius 1 is 1.06 bits per heavy atom. The first kappa shape index (κ1) is 23.5. The van der Waals surface area contributed by atoms with Crippen LogP contribution in [0.4, 0.5) is 15.8 Å². The normalized spacial score (nSPS) is 17.3. The molecule has 1 aromatic heterocycles. The highest BCUT2D eigenvalue weighted by Gasteiger charge is 2.47. The predicted molar refractivity (Wildman–Crippen MR) is 140 cm³/mol. The Labute approximate surface area is 212 Å². The van der Waals surface area contributed by atoms with Crippen LogP contribution in [-0.2, 0) is 9.59 Å². The van der Waals surface area contributed by atoms with Gasteiger partial charge in [0.15, 0.2) is 0 Å². The van der Waals surface area contributed by atoms with Gasteiger partial charge in [0.05, 0.1) is 18.1 Å². The number of hydrogen-bond acceptors (Lipinski definition) is 4. The first-order valence-corrected chi connectivity index (χ1v) is 11.8. The Balaban J connectivity index is 1.31. The van der Waals surface area contributed by atoms with Gasteiger partial charge >= 0.3 is 0 Å². The quantitative estimate of drug-likeness (QED) is 0.348. The van der Waals surface area contributed by atoms with Crippen molar-refractivity contribution >= 4 is 51.8 Å². The van der Waals surface area contributed by atoms with Crippen LogP contribution in [0, 0.1) is 5.82 Å². The summed E-state index contributed by atoms with van der Waals surface area (Å²) in [5.41, 5.74) is 2.98. The number of β-lactam (4-membered cyclic amide) rings is 1. The monoisotopic (exact) mass is 500 g/mol. The molecule has 0 saturated carbocycles. The minimum atomic E-state index is -0.739. The highest BCUT2D eigenvalue weighted by atomic mass is 35.5. The van der Waals surface area contributed by atoms with Gasteiger partial charge in [0, 0.05) is 28.0 Å². The molecule has 5 rings (SSSR count). The van der Waals surface area contributed by atoms with Crippen molar-refractivity contribution in [3.8, 4) is 0 Å². The first-order valence-electron chi connectivity index (χ1n) is 11.4. The zero-order valence-corrected chi connectivity index (χ0v) is 19.8. The number of carbonyl (C=O) groups excluding carboxylic acids is 2. The van der Waals surface area contributed by atoms with E-state index in [4.69, 9.17) is 11.6 Å². The molecular weight excluding hydrogens is 479 g/mol. The first-order chi connectivity index (χ1) is 17.5. The third kappa shape index (κ3) is 4.92. The standard InChI is InChI=1S/C28H22ClFN4O2/c29-19-7-12-22-23(14-15-31-24(22)16-19)32-17-26(35)33-27-25(13-6-18-4-2-1-3-5-18)34(28(27)36)21-10-8-20(30)9-11-21/h1-16,25,27H,17H2,(H,31,32)(H,33,35)/b13-6+/t25-,27+/m0/s1. The van der Waals surface area contributed by atoms with E-state index >= 15 is 0 Å². The number of nitrogens with zero attached hydrogens (tertiary/aromatic N) is 2. The van der Waals surface area contributed by atoms with Gasteiger partial charge in [-0.2, -0.15) is 0 Å². The second-order valence-corrected chi connectivity index (χ2v) is 8.80. The third-order valence-corrected chi connectivity index (χ3v) is 6.23. The van der Waals surface area contributed by atoms with Crippen molar-refractivity contribution < 1.29 is 14.0 Å². The maximum Gasteiger partial charge on any atom is 0.252 e. The molecule has 1 aliphatic rings. The van der Waals surface area contributed by atoms with E-state index in [1.165, 1.54) is 12.1 Å². The fraction of sp³-hybridized carbons (Fsp3) is 0.107. The highest BCUT2D eigenvalue weighted by molar-refractivity contribution is 6.31. The van der Waals surface area contributed by atoms with Crippen molar-refractivity contribution in [2.45, 2.75) is 12.1 Å². The molecule has 2 N–H and O–H groups in total. The van der Waals surface area contributed by atoms with Gasteiger partial charge < -0.3 is 15.5 Å². The van der Waals surface area contributed by atoms with Crippen LogP contribution < -0.4 is 15.5 Å². The lowest BCUT2D eigenvalue weighted by atomic mass is 9.92. The summed E-state index contributed by atoms with van der Waals surface area (Å²) in [6.45, 7) is -0.0306. The molecule has 3 aromatic carbocycles. The van der Waals surface area contributed by atoms with E-state index in [1.807, 2.05) is 48.6 Å². The average molecular weight is 501 g/mol. The van der Waals surface area contributed by atoms with Crippen LogP contribution in [0.2, 0.25) is 5.02 Å². The Morgan fingerprint density at radius 3 is 2.61 bits per heavy atom. The molecule has 0 radical (unpaired) electrons. The molecule has 0 aliphatic carbocycles. The lowest BCUT2D eigenvalue weighted by Crippen LogP contribution is -2.70. The van der Waals surface area contributed by atoms with Crippen LogP contribution in [0.3, 0.4) is 0 Å². The summed E-state index contributed by atoms with van der Waals surface area (Å²) in [6.07, 6.45) is 5.41. The Bertz CT molecular complexity index is 1440. The van der Waals surface area contributed by atoms with Crippen molar-refractivity contribution in [1.82, 2.24) is 10.3 Å². The second-order valence-electron chi connectivity index (χ2n) is 8.36. The molecule has 0 spiro atoms. The molecule has 2 heterocycles. The SMILES string of the molecule is O=C(CNc1ccnc2cc(Cl)ccc12)N[C@H]1C(=O)N(c2ccc(F)cc2)[C@H]1/C=C/c1ccccc1. The van der Waals surface area contributed by atoms with Gasteiger partial charge in [0.2, 0.25) is 5.91 Å². The van der Waals surface area contributed by atoms with E-state index in [0.717, 1.165) is 16.6 Å². The number of amides is 2.